The van der Waals surface area contributed by atoms with Crippen molar-refractivity contribution in [2.24, 2.45) is 5.41 Å². The van der Waals surface area contributed by atoms with E-state index in [4.69, 9.17) is 4.74 Å². The van der Waals surface area contributed by atoms with Crippen LogP contribution in [0.25, 0.3) is 6.08 Å². The smallest absolute Gasteiger partial charge is 0.241 e. The summed E-state index contributed by atoms with van der Waals surface area (Å²) in [5, 5.41) is 0. The van der Waals surface area contributed by atoms with E-state index in [0.29, 0.717) is 24.5 Å². The Bertz CT molecular complexity index is 670. The van der Waals surface area contributed by atoms with Crippen molar-refractivity contribution in [1.29, 1.82) is 0 Å². The summed E-state index contributed by atoms with van der Waals surface area (Å²) in [7, 11) is -3.55. The molecule has 0 fully saturated rings. The van der Waals surface area contributed by atoms with Gasteiger partial charge < -0.3 is 4.74 Å². The number of nitrogens with one attached hydrogen (secondary N) is 1. The third kappa shape index (κ3) is 8.66. The van der Waals surface area contributed by atoms with E-state index in [9.17, 15) is 8.42 Å². The topological polar surface area (TPSA) is 55.4 Å². The second kappa shape index (κ2) is 8.97. The summed E-state index contributed by atoms with van der Waals surface area (Å²) in [6.07, 6.45) is 5.30. The molecule has 1 aromatic rings. The molecule has 0 amide bonds. The maximum Gasteiger partial charge on any atom is 0.241 e. The van der Waals surface area contributed by atoms with Gasteiger partial charge in [0.05, 0.1) is 11.5 Å². The number of hydrogen-bond acceptors (Lipinski definition) is 3. The minimum Gasteiger partial charge on any atom is -0.381 e. The standard InChI is InChI=1S/C20H33NO3S/c1-7-10-17-11-8-12-18(15-17)25(22,23)21-20(5,6)13-9-14-24-16-19(2,3)4/h7-8,10-12,15,21H,9,13-14,16H2,1-6H3/b10-7-. The molecule has 0 atom stereocenters. The van der Waals surface area contributed by atoms with Crippen molar-refractivity contribution < 1.29 is 13.2 Å². The zero-order valence-electron chi connectivity index (χ0n) is 16.4. The largest absolute Gasteiger partial charge is 0.381 e. The highest BCUT2D eigenvalue weighted by Crippen LogP contribution is 2.19. The molecule has 142 valence electrons. The maximum absolute atomic E-state index is 12.7. The predicted molar refractivity (Wildman–Crippen MR) is 105 cm³/mol. The lowest BCUT2D eigenvalue weighted by molar-refractivity contribution is 0.0664. The number of benzene rings is 1. The fourth-order valence-corrected chi connectivity index (χ4v) is 3.94. The van der Waals surface area contributed by atoms with Gasteiger partial charge in [-0.2, -0.15) is 0 Å². The molecule has 0 radical (unpaired) electrons. The van der Waals surface area contributed by atoms with Crippen molar-refractivity contribution in [2.45, 2.75) is 64.8 Å². The number of ether oxygens (including phenoxy) is 1. The SMILES string of the molecule is C/C=C\c1cccc(S(=O)(=O)NC(C)(C)CCCOCC(C)(C)C)c1. The minimum absolute atomic E-state index is 0.148. The fourth-order valence-electron chi connectivity index (χ4n) is 2.45. The maximum atomic E-state index is 12.7. The van der Waals surface area contributed by atoms with Crippen LogP contribution in [0.4, 0.5) is 0 Å². The molecule has 0 spiro atoms. The molecule has 0 aliphatic carbocycles. The summed E-state index contributed by atoms with van der Waals surface area (Å²) < 4.78 is 33.8. The lowest BCUT2D eigenvalue weighted by Crippen LogP contribution is -2.43. The molecule has 0 saturated carbocycles. The molecule has 5 heteroatoms. The van der Waals surface area contributed by atoms with Gasteiger partial charge in [-0.3, -0.25) is 0 Å². The Morgan fingerprint density at radius 3 is 2.44 bits per heavy atom. The highest BCUT2D eigenvalue weighted by atomic mass is 32.2. The fraction of sp³-hybridized carbons (Fsp3) is 0.600. The highest BCUT2D eigenvalue weighted by molar-refractivity contribution is 7.89. The molecule has 0 aliphatic rings. The summed E-state index contributed by atoms with van der Waals surface area (Å²) >= 11 is 0. The summed E-state index contributed by atoms with van der Waals surface area (Å²) in [5.74, 6) is 0. The first-order valence-electron chi connectivity index (χ1n) is 8.80. The van der Waals surface area contributed by atoms with E-state index >= 15 is 0 Å². The van der Waals surface area contributed by atoms with Gasteiger partial charge in [-0.15, -0.1) is 0 Å². The van der Waals surface area contributed by atoms with Gasteiger partial charge in [0.15, 0.2) is 0 Å². The summed E-state index contributed by atoms with van der Waals surface area (Å²) in [6, 6.07) is 6.96. The zero-order chi connectivity index (χ0) is 19.1. The van der Waals surface area contributed by atoms with E-state index < -0.39 is 15.6 Å². The Balaban J connectivity index is 2.63. The Morgan fingerprint density at radius 1 is 1.16 bits per heavy atom. The van der Waals surface area contributed by atoms with Crippen LogP contribution in [0, 0.1) is 5.41 Å². The molecular weight excluding hydrogens is 334 g/mol. The Morgan fingerprint density at radius 2 is 1.84 bits per heavy atom. The van der Waals surface area contributed by atoms with Crippen molar-refractivity contribution in [1.82, 2.24) is 4.72 Å². The normalized spacial score (nSPS) is 13.5. The molecule has 1 rings (SSSR count). The van der Waals surface area contributed by atoms with Crippen LogP contribution < -0.4 is 4.72 Å². The number of rotatable bonds is 9. The first-order valence-corrected chi connectivity index (χ1v) is 10.3. The Kier molecular flexibility index (Phi) is 7.85. The van der Waals surface area contributed by atoms with E-state index in [1.165, 1.54) is 0 Å². The van der Waals surface area contributed by atoms with E-state index in [-0.39, 0.29) is 5.41 Å². The number of sulfonamides is 1. The Hall–Kier alpha value is -1.17. The minimum atomic E-state index is -3.55. The van der Waals surface area contributed by atoms with Crippen LogP contribution in [0.3, 0.4) is 0 Å². The molecule has 0 heterocycles. The number of hydrogen-bond donors (Lipinski definition) is 1. The van der Waals surface area contributed by atoms with Crippen LogP contribution in [-0.4, -0.2) is 27.2 Å². The van der Waals surface area contributed by atoms with Crippen LogP contribution in [0.15, 0.2) is 35.2 Å². The molecule has 4 nitrogen and oxygen atoms in total. The van der Waals surface area contributed by atoms with Gasteiger partial charge in [-0.25, -0.2) is 13.1 Å². The lowest BCUT2D eigenvalue weighted by Gasteiger charge is -2.26. The average molecular weight is 368 g/mol. The van der Waals surface area contributed by atoms with E-state index in [0.717, 1.165) is 12.0 Å². The molecule has 1 aromatic carbocycles. The van der Waals surface area contributed by atoms with E-state index in [2.05, 4.69) is 25.5 Å². The molecule has 1 N–H and O–H groups in total. The number of allylic oxidation sites excluding steroid dienone is 1. The first-order chi connectivity index (χ1) is 11.5. The second-order valence-corrected chi connectivity index (χ2v) is 9.96. The summed E-state index contributed by atoms with van der Waals surface area (Å²) in [5.41, 5.74) is 0.494. The van der Waals surface area contributed by atoms with Crippen LogP contribution in [0.1, 0.15) is 59.9 Å². The first kappa shape index (κ1) is 21.9. The van der Waals surface area contributed by atoms with Gasteiger partial charge in [0.2, 0.25) is 10.0 Å². The van der Waals surface area contributed by atoms with Gasteiger partial charge in [0.1, 0.15) is 0 Å². The zero-order valence-corrected chi connectivity index (χ0v) is 17.2. The van der Waals surface area contributed by atoms with Crippen molar-refractivity contribution in [3.63, 3.8) is 0 Å². The third-order valence-corrected chi connectivity index (χ3v) is 5.26. The molecule has 0 saturated heterocycles. The van der Waals surface area contributed by atoms with Crippen molar-refractivity contribution >= 4 is 16.1 Å². The second-order valence-electron chi connectivity index (χ2n) is 8.28. The van der Waals surface area contributed by atoms with Crippen molar-refractivity contribution in [3.8, 4) is 0 Å². The van der Waals surface area contributed by atoms with Gasteiger partial charge in [-0.05, 0) is 56.7 Å². The molecule has 25 heavy (non-hydrogen) atoms. The summed E-state index contributed by atoms with van der Waals surface area (Å²) in [4.78, 5) is 0.292. The van der Waals surface area contributed by atoms with Gasteiger partial charge in [0.25, 0.3) is 0 Å². The monoisotopic (exact) mass is 367 g/mol. The van der Waals surface area contributed by atoms with E-state index in [1.807, 2.05) is 39.0 Å². The van der Waals surface area contributed by atoms with Gasteiger partial charge in [-0.1, -0.05) is 45.1 Å². The van der Waals surface area contributed by atoms with Crippen molar-refractivity contribution in [2.75, 3.05) is 13.2 Å². The Labute approximate surface area is 153 Å². The molecule has 0 bridgehead atoms. The highest BCUT2D eigenvalue weighted by Gasteiger charge is 2.26. The van der Waals surface area contributed by atoms with Crippen LogP contribution in [-0.2, 0) is 14.8 Å². The molecule has 0 aliphatic heterocycles. The van der Waals surface area contributed by atoms with Crippen LogP contribution >= 0.6 is 0 Å². The van der Waals surface area contributed by atoms with Gasteiger partial charge >= 0.3 is 0 Å². The quantitative estimate of drug-likeness (QED) is 0.648. The average Bonchev–Trinajstić information content (AvgIpc) is 2.45. The molecule has 0 aromatic heterocycles. The lowest BCUT2D eigenvalue weighted by atomic mass is 9.98. The van der Waals surface area contributed by atoms with Crippen LogP contribution in [0.5, 0.6) is 0 Å². The van der Waals surface area contributed by atoms with Gasteiger partial charge in [0, 0.05) is 12.1 Å². The summed E-state index contributed by atoms with van der Waals surface area (Å²) in [6.45, 7) is 13.5. The van der Waals surface area contributed by atoms with E-state index in [1.54, 1.807) is 18.2 Å². The van der Waals surface area contributed by atoms with Crippen molar-refractivity contribution in [3.05, 3.63) is 35.9 Å². The third-order valence-electron chi connectivity index (χ3n) is 3.56. The predicted octanol–water partition coefficient (Wildman–Crippen LogP) is 4.62. The molecular formula is C20H33NO3S. The van der Waals surface area contributed by atoms with Crippen LogP contribution in [0.2, 0.25) is 0 Å². The molecule has 0 unspecified atom stereocenters.